The maximum atomic E-state index is 12.0. The molecule has 0 amide bonds. The van der Waals surface area contributed by atoms with Gasteiger partial charge in [-0.25, -0.2) is 0 Å². The summed E-state index contributed by atoms with van der Waals surface area (Å²) < 4.78 is 0. The molecule has 0 heterocycles. The Morgan fingerprint density at radius 2 is 2.00 bits per heavy atom. The third kappa shape index (κ3) is 3.42. The van der Waals surface area contributed by atoms with Crippen LogP contribution in [-0.2, 0) is 4.79 Å². The third-order valence-electron chi connectivity index (χ3n) is 3.64. The molecule has 92 valence electrons. The second kappa shape index (κ2) is 5.48. The summed E-state index contributed by atoms with van der Waals surface area (Å²) in [5.41, 5.74) is 1.34. The van der Waals surface area contributed by atoms with Gasteiger partial charge in [-0.1, -0.05) is 50.6 Å². The summed E-state index contributed by atoms with van der Waals surface area (Å²) in [6, 6.07) is 10.4. The zero-order valence-electron chi connectivity index (χ0n) is 10.9. The van der Waals surface area contributed by atoms with Gasteiger partial charge in [-0.3, -0.25) is 4.79 Å². The summed E-state index contributed by atoms with van der Waals surface area (Å²) >= 11 is 0. The van der Waals surface area contributed by atoms with Gasteiger partial charge in [-0.2, -0.15) is 0 Å². The molecule has 1 saturated carbocycles. The molecule has 0 spiro atoms. The molecule has 0 N–H and O–H groups in total. The average Bonchev–Trinajstić information content (AvgIpc) is 3.09. The standard InChI is InChI=1S/C16H22O/c1-12(2)7-6-10-16(17)15-11-14(15)13-8-4-3-5-9-13/h3-5,8-9,12,14-15H,6-7,10-11H2,1-2H3. The minimum atomic E-state index is 0.324. The van der Waals surface area contributed by atoms with Crippen LogP contribution in [0.25, 0.3) is 0 Å². The van der Waals surface area contributed by atoms with E-state index in [2.05, 4.69) is 38.1 Å². The SMILES string of the molecule is CC(C)CCCC(=O)C1CC1c1ccccc1. The lowest BCUT2D eigenvalue weighted by atomic mass is 10.0. The zero-order valence-corrected chi connectivity index (χ0v) is 10.9. The van der Waals surface area contributed by atoms with E-state index >= 15 is 0 Å². The lowest BCUT2D eigenvalue weighted by molar-refractivity contribution is -0.120. The van der Waals surface area contributed by atoms with E-state index in [4.69, 9.17) is 0 Å². The summed E-state index contributed by atoms with van der Waals surface area (Å²) in [5, 5.41) is 0. The van der Waals surface area contributed by atoms with Crippen LogP contribution >= 0.6 is 0 Å². The molecule has 0 aromatic heterocycles. The summed E-state index contributed by atoms with van der Waals surface area (Å²) in [4.78, 5) is 12.0. The molecule has 0 aliphatic heterocycles. The van der Waals surface area contributed by atoms with Crippen LogP contribution in [0.3, 0.4) is 0 Å². The number of hydrogen-bond acceptors (Lipinski definition) is 1. The normalized spacial score (nSPS) is 22.8. The molecule has 0 radical (unpaired) electrons. The van der Waals surface area contributed by atoms with Crippen molar-refractivity contribution in [3.8, 4) is 0 Å². The number of carbonyl (C=O) groups is 1. The second-order valence-electron chi connectivity index (χ2n) is 5.61. The fraction of sp³-hybridized carbons (Fsp3) is 0.562. The lowest BCUT2D eigenvalue weighted by Crippen LogP contribution is -2.03. The van der Waals surface area contributed by atoms with Gasteiger partial charge in [0, 0.05) is 12.3 Å². The van der Waals surface area contributed by atoms with Crippen LogP contribution in [0.4, 0.5) is 0 Å². The van der Waals surface area contributed by atoms with E-state index in [9.17, 15) is 4.79 Å². The molecule has 2 rings (SSSR count). The largest absolute Gasteiger partial charge is 0.299 e. The van der Waals surface area contributed by atoms with Gasteiger partial charge in [-0.05, 0) is 30.2 Å². The third-order valence-corrected chi connectivity index (χ3v) is 3.64. The lowest BCUT2D eigenvalue weighted by Gasteiger charge is -2.03. The molecule has 1 heteroatoms. The predicted octanol–water partition coefficient (Wildman–Crippen LogP) is 4.19. The summed E-state index contributed by atoms with van der Waals surface area (Å²) in [6.45, 7) is 4.43. The van der Waals surface area contributed by atoms with Gasteiger partial charge in [0.25, 0.3) is 0 Å². The molecule has 0 bridgehead atoms. The fourth-order valence-electron chi connectivity index (χ4n) is 2.49. The monoisotopic (exact) mass is 230 g/mol. The predicted molar refractivity (Wildman–Crippen MR) is 71.0 cm³/mol. The molecule has 1 aromatic rings. The number of ketones is 1. The van der Waals surface area contributed by atoms with Crippen molar-refractivity contribution >= 4 is 5.78 Å². The van der Waals surface area contributed by atoms with Gasteiger partial charge >= 0.3 is 0 Å². The zero-order chi connectivity index (χ0) is 12.3. The molecule has 1 nitrogen and oxygen atoms in total. The number of hydrogen-bond donors (Lipinski definition) is 0. The molecule has 1 fully saturated rings. The first-order valence-corrected chi connectivity index (χ1v) is 6.76. The molecule has 17 heavy (non-hydrogen) atoms. The van der Waals surface area contributed by atoms with E-state index in [0.29, 0.717) is 23.5 Å². The maximum Gasteiger partial charge on any atom is 0.136 e. The van der Waals surface area contributed by atoms with Crippen molar-refractivity contribution in [2.75, 3.05) is 0 Å². The minimum absolute atomic E-state index is 0.324. The van der Waals surface area contributed by atoms with Crippen LogP contribution in [-0.4, -0.2) is 5.78 Å². The van der Waals surface area contributed by atoms with Crippen LogP contribution in [0.1, 0.15) is 51.0 Å². The topological polar surface area (TPSA) is 17.1 Å². The number of carbonyl (C=O) groups excluding carboxylic acids is 1. The number of Topliss-reactive ketones (excluding diaryl/α,β-unsaturated/α-hetero) is 1. The Morgan fingerprint density at radius 1 is 1.29 bits per heavy atom. The Labute approximate surface area is 104 Å². The number of benzene rings is 1. The van der Waals surface area contributed by atoms with Crippen molar-refractivity contribution < 1.29 is 4.79 Å². The first kappa shape index (κ1) is 12.3. The van der Waals surface area contributed by atoms with Crippen molar-refractivity contribution in [3.63, 3.8) is 0 Å². The molecular weight excluding hydrogens is 208 g/mol. The van der Waals surface area contributed by atoms with Crippen LogP contribution < -0.4 is 0 Å². The van der Waals surface area contributed by atoms with Gasteiger partial charge in [0.15, 0.2) is 0 Å². The number of rotatable bonds is 6. The Morgan fingerprint density at radius 3 is 2.65 bits per heavy atom. The summed E-state index contributed by atoms with van der Waals surface area (Å²) in [6.07, 6.45) is 4.10. The second-order valence-corrected chi connectivity index (χ2v) is 5.61. The minimum Gasteiger partial charge on any atom is -0.299 e. The first-order valence-electron chi connectivity index (χ1n) is 6.76. The highest BCUT2D eigenvalue weighted by molar-refractivity contribution is 5.84. The van der Waals surface area contributed by atoms with E-state index < -0.39 is 0 Å². The van der Waals surface area contributed by atoms with E-state index in [1.807, 2.05) is 6.07 Å². The molecule has 1 aliphatic rings. The Balaban J connectivity index is 1.77. The highest BCUT2D eigenvalue weighted by Crippen LogP contribution is 2.48. The van der Waals surface area contributed by atoms with E-state index in [1.54, 1.807) is 0 Å². The fourth-order valence-corrected chi connectivity index (χ4v) is 2.49. The molecule has 2 atom stereocenters. The van der Waals surface area contributed by atoms with Crippen molar-refractivity contribution in [2.45, 2.75) is 45.4 Å². The van der Waals surface area contributed by atoms with E-state index in [1.165, 1.54) is 12.0 Å². The molecule has 1 aromatic carbocycles. The van der Waals surface area contributed by atoms with Crippen molar-refractivity contribution in [3.05, 3.63) is 35.9 Å². The van der Waals surface area contributed by atoms with Gasteiger partial charge in [0.2, 0.25) is 0 Å². The molecule has 1 aliphatic carbocycles. The quantitative estimate of drug-likeness (QED) is 0.716. The smallest absolute Gasteiger partial charge is 0.136 e. The van der Waals surface area contributed by atoms with Gasteiger partial charge in [0.05, 0.1) is 0 Å². The molecule has 0 saturated heterocycles. The van der Waals surface area contributed by atoms with Crippen molar-refractivity contribution in [1.82, 2.24) is 0 Å². The molecule has 2 unspecified atom stereocenters. The van der Waals surface area contributed by atoms with Crippen LogP contribution in [0.5, 0.6) is 0 Å². The van der Waals surface area contributed by atoms with Crippen LogP contribution in [0, 0.1) is 11.8 Å². The van der Waals surface area contributed by atoms with Crippen LogP contribution in [0.15, 0.2) is 30.3 Å². The van der Waals surface area contributed by atoms with Crippen molar-refractivity contribution in [2.24, 2.45) is 11.8 Å². The Bertz CT molecular complexity index is 366. The summed E-state index contributed by atoms with van der Waals surface area (Å²) in [7, 11) is 0. The Kier molecular flexibility index (Phi) is 3.98. The summed E-state index contributed by atoms with van der Waals surface area (Å²) in [5.74, 6) is 2.04. The van der Waals surface area contributed by atoms with Gasteiger partial charge < -0.3 is 0 Å². The maximum absolute atomic E-state index is 12.0. The highest BCUT2D eigenvalue weighted by atomic mass is 16.1. The average molecular weight is 230 g/mol. The van der Waals surface area contributed by atoms with Gasteiger partial charge in [0.1, 0.15) is 5.78 Å². The highest BCUT2D eigenvalue weighted by Gasteiger charge is 2.42. The van der Waals surface area contributed by atoms with Crippen LogP contribution in [0.2, 0.25) is 0 Å². The Hall–Kier alpha value is -1.11. The van der Waals surface area contributed by atoms with E-state index in [0.717, 1.165) is 19.3 Å². The van der Waals surface area contributed by atoms with Gasteiger partial charge in [-0.15, -0.1) is 0 Å². The van der Waals surface area contributed by atoms with Crippen molar-refractivity contribution in [1.29, 1.82) is 0 Å². The van der Waals surface area contributed by atoms with E-state index in [-0.39, 0.29) is 0 Å². The first-order chi connectivity index (χ1) is 8.18. The molecular formula is C16H22O.